The highest BCUT2D eigenvalue weighted by molar-refractivity contribution is 6.16. The first-order valence-corrected chi connectivity index (χ1v) is 7.29. The Morgan fingerprint density at radius 1 is 1.45 bits per heavy atom. The van der Waals surface area contributed by atoms with Crippen molar-refractivity contribution in [3.8, 4) is 11.3 Å². The number of anilines is 1. The summed E-state index contributed by atoms with van der Waals surface area (Å²) >= 11 is 5.73. The number of pyridine rings is 1. The van der Waals surface area contributed by atoms with E-state index in [4.69, 9.17) is 20.9 Å². The quantitative estimate of drug-likeness (QED) is 0.802. The van der Waals surface area contributed by atoms with Gasteiger partial charge in [-0.3, -0.25) is 4.90 Å². The number of hydrogen-bond acceptors (Lipinski definition) is 5. The van der Waals surface area contributed by atoms with Gasteiger partial charge in [0.05, 0.1) is 17.1 Å². The van der Waals surface area contributed by atoms with E-state index in [0.717, 1.165) is 0 Å². The average molecular weight is 324 g/mol. The first-order chi connectivity index (χ1) is 10.3. The maximum atomic E-state index is 12.2. The molecule has 1 amide bonds. The number of amides is 1. The van der Waals surface area contributed by atoms with E-state index in [0.29, 0.717) is 22.8 Å². The largest absolute Gasteiger partial charge is 0.443 e. The predicted octanol–water partition coefficient (Wildman–Crippen LogP) is 3.85. The first kappa shape index (κ1) is 16.3. The summed E-state index contributed by atoms with van der Waals surface area (Å²) in [4.78, 5) is 17.8. The van der Waals surface area contributed by atoms with E-state index in [1.54, 1.807) is 52.2 Å². The summed E-state index contributed by atoms with van der Waals surface area (Å²) in [5.41, 5.74) is 0.671. The standard InChI is InChI=1S/C15H18ClN3O3/c1-15(2,3)21-14(20)19(4)13-11(6-5-7-17-13)12-8-10(9-16)18-22-12/h5-8H,9H2,1-4H3. The van der Waals surface area contributed by atoms with E-state index in [2.05, 4.69) is 10.1 Å². The number of ether oxygens (including phenoxy) is 1. The van der Waals surface area contributed by atoms with Crippen LogP contribution in [0.25, 0.3) is 11.3 Å². The summed E-state index contributed by atoms with van der Waals surface area (Å²) in [5.74, 6) is 1.17. The summed E-state index contributed by atoms with van der Waals surface area (Å²) < 4.78 is 10.6. The van der Waals surface area contributed by atoms with Gasteiger partial charge in [0.2, 0.25) is 0 Å². The lowest BCUT2D eigenvalue weighted by atomic mass is 10.2. The van der Waals surface area contributed by atoms with E-state index in [-0.39, 0.29) is 5.88 Å². The molecule has 0 fully saturated rings. The molecule has 0 atom stereocenters. The lowest BCUT2D eigenvalue weighted by molar-refractivity contribution is 0.0588. The number of aromatic nitrogens is 2. The molecule has 22 heavy (non-hydrogen) atoms. The Bertz CT molecular complexity index is 664. The van der Waals surface area contributed by atoms with E-state index >= 15 is 0 Å². The highest BCUT2D eigenvalue weighted by Gasteiger charge is 2.24. The average Bonchev–Trinajstić information content (AvgIpc) is 2.93. The molecule has 2 rings (SSSR count). The maximum absolute atomic E-state index is 12.2. The Morgan fingerprint density at radius 2 is 2.18 bits per heavy atom. The van der Waals surface area contributed by atoms with Crippen LogP contribution in [-0.4, -0.2) is 28.9 Å². The van der Waals surface area contributed by atoms with Crippen LogP contribution in [0.1, 0.15) is 26.5 Å². The van der Waals surface area contributed by atoms with Gasteiger partial charge in [-0.25, -0.2) is 9.78 Å². The topological polar surface area (TPSA) is 68.5 Å². The molecule has 0 aliphatic rings. The number of carbonyl (C=O) groups excluding carboxylic acids is 1. The van der Waals surface area contributed by atoms with Crippen LogP contribution in [-0.2, 0) is 10.6 Å². The highest BCUT2D eigenvalue weighted by Crippen LogP contribution is 2.29. The van der Waals surface area contributed by atoms with Crippen molar-refractivity contribution in [2.45, 2.75) is 32.3 Å². The fourth-order valence-corrected chi connectivity index (χ4v) is 1.90. The summed E-state index contributed by atoms with van der Waals surface area (Å²) in [5, 5.41) is 3.85. The molecule has 2 heterocycles. The molecule has 0 radical (unpaired) electrons. The highest BCUT2D eigenvalue weighted by atomic mass is 35.5. The molecule has 0 aromatic carbocycles. The Morgan fingerprint density at radius 3 is 2.77 bits per heavy atom. The Labute approximate surface area is 134 Å². The van der Waals surface area contributed by atoms with Crippen molar-refractivity contribution in [1.29, 1.82) is 0 Å². The number of rotatable bonds is 3. The van der Waals surface area contributed by atoms with Crippen LogP contribution in [0.2, 0.25) is 0 Å². The predicted molar refractivity (Wildman–Crippen MR) is 83.9 cm³/mol. The van der Waals surface area contributed by atoms with Gasteiger partial charge in [-0.15, -0.1) is 11.6 Å². The Hall–Kier alpha value is -2.08. The molecule has 0 unspecified atom stereocenters. The van der Waals surface area contributed by atoms with Crippen LogP contribution in [0.5, 0.6) is 0 Å². The van der Waals surface area contributed by atoms with Crippen molar-refractivity contribution in [1.82, 2.24) is 10.1 Å². The van der Waals surface area contributed by atoms with Crippen molar-refractivity contribution >= 4 is 23.5 Å². The summed E-state index contributed by atoms with van der Waals surface area (Å²) in [6.07, 6.45) is 1.10. The van der Waals surface area contributed by atoms with Crippen LogP contribution in [0.15, 0.2) is 28.9 Å². The molecular formula is C15H18ClN3O3. The molecule has 7 heteroatoms. The van der Waals surface area contributed by atoms with Crippen LogP contribution in [0.3, 0.4) is 0 Å². The first-order valence-electron chi connectivity index (χ1n) is 6.75. The fourth-order valence-electron chi connectivity index (χ4n) is 1.78. The smallest absolute Gasteiger partial charge is 0.415 e. The van der Waals surface area contributed by atoms with Gasteiger partial charge in [-0.05, 0) is 32.9 Å². The number of alkyl halides is 1. The fraction of sp³-hybridized carbons (Fsp3) is 0.400. The Kier molecular flexibility index (Phi) is 4.71. The van der Waals surface area contributed by atoms with Crippen LogP contribution >= 0.6 is 11.6 Å². The third-order valence-electron chi connectivity index (χ3n) is 2.73. The maximum Gasteiger partial charge on any atom is 0.415 e. The molecule has 0 spiro atoms. The second kappa shape index (κ2) is 6.36. The summed E-state index contributed by atoms with van der Waals surface area (Å²) in [6.45, 7) is 5.42. The van der Waals surface area contributed by atoms with Crippen LogP contribution < -0.4 is 4.90 Å². The van der Waals surface area contributed by atoms with Crippen LogP contribution in [0, 0.1) is 0 Å². The van der Waals surface area contributed by atoms with Gasteiger partial charge in [-0.1, -0.05) is 5.16 Å². The van der Waals surface area contributed by atoms with Gasteiger partial charge < -0.3 is 9.26 Å². The molecule has 2 aromatic heterocycles. The van der Waals surface area contributed by atoms with Crippen molar-refractivity contribution in [3.63, 3.8) is 0 Å². The normalized spacial score (nSPS) is 11.3. The van der Waals surface area contributed by atoms with Crippen molar-refractivity contribution < 1.29 is 14.1 Å². The molecule has 0 aliphatic heterocycles. The monoisotopic (exact) mass is 323 g/mol. The van der Waals surface area contributed by atoms with E-state index in [1.165, 1.54) is 4.90 Å². The number of halogens is 1. The Balaban J connectivity index is 2.33. The lowest BCUT2D eigenvalue weighted by Gasteiger charge is -2.24. The number of hydrogen-bond donors (Lipinski definition) is 0. The minimum atomic E-state index is -0.585. The minimum Gasteiger partial charge on any atom is -0.443 e. The van der Waals surface area contributed by atoms with E-state index in [9.17, 15) is 4.79 Å². The molecule has 2 aromatic rings. The van der Waals surface area contributed by atoms with Gasteiger partial charge >= 0.3 is 6.09 Å². The second-order valence-corrected chi connectivity index (χ2v) is 6.00. The zero-order valence-electron chi connectivity index (χ0n) is 13.0. The van der Waals surface area contributed by atoms with Gasteiger partial charge in [0.25, 0.3) is 0 Å². The van der Waals surface area contributed by atoms with Gasteiger partial charge in [-0.2, -0.15) is 0 Å². The second-order valence-electron chi connectivity index (χ2n) is 5.73. The zero-order valence-corrected chi connectivity index (χ0v) is 13.7. The van der Waals surface area contributed by atoms with E-state index in [1.807, 2.05) is 0 Å². The minimum absolute atomic E-state index is 0.251. The van der Waals surface area contributed by atoms with Crippen LogP contribution in [0.4, 0.5) is 10.6 Å². The SMILES string of the molecule is CN(C(=O)OC(C)(C)C)c1ncccc1-c1cc(CCl)no1. The zero-order chi connectivity index (χ0) is 16.3. The lowest BCUT2D eigenvalue weighted by Crippen LogP contribution is -2.34. The number of carbonyl (C=O) groups is 1. The third kappa shape index (κ3) is 3.76. The molecule has 118 valence electrons. The summed E-state index contributed by atoms with van der Waals surface area (Å²) in [7, 11) is 1.60. The van der Waals surface area contributed by atoms with Crippen molar-refractivity contribution in [2.75, 3.05) is 11.9 Å². The molecular weight excluding hydrogens is 306 g/mol. The molecule has 0 saturated heterocycles. The molecule has 0 aliphatic carbocycles. The molecule has 6 nitrogen and oxygen atoms in total. The van der Waals surface area contributed by atoms with E-state index < -0.39 is 11.7 Å². The van der Waals surface area contributed by atoms with Gasteiger partial charge in [0.1, 0.15) is 11.4 Å². The summed E-state index contributed by atoms with van der Waals surface area (Å²) in [6, 6.07) is 5.27. The number of nitrogens with zero attached hydrogens (tertiary/aromatic N) is 3. The van der Waals surface area contributed by atoms with Crippen molar-refractivity contribution in [2.24, 2.45) is 0 Å². The van der Waals surface area contributed by atoms with Crippen molar-refractivity contribution in [3.05, 3.63) is 30.1 Å². The molecule has 0 bridgehead atoms. The third-order valence-corrected chi connectivity index (χ3v) is 3.01. The van der Waals surface area contributed by atoms with Gasteiger partial charge in [0.15, 0.2) is 5.76 Å². The molecule has 0 N–H and O–H groups in total. The van der Waals surface area contributed by atoms with Gasteiger partial charge in [0, 0.05) is 19.3 Å². The molecule has 0 saturated carbocycles.